The number of hydrogen-bond donors (Lipinski definition) is 2. The Balaban J connectivity index is 2.11. The highest BCUT2D eigenvalue weighted by Gasteiger charge is 2.08. The van der Waals surface area contributed by atoms with Gasteiger partial charge in [0.2, 0.25) is 0 Å². The van der Waals surface area contributed by atoms with E-state index in [1.165, 1.54) is 10.4 Å². The second-order valence-corrected chi connectivity index (χ2v) is 6.01. The molecule has 4 heteroatoms. The molecule has 1 aromatic rings. The molecule has 2 N–H and O–H groups in total. The minimum atomic E-state index is 0.311. The lowest BCUT2D eigenvalue weighted by Gasteiger charge is -2.13. The quantitative estimate of drug-likeness (QED) is 0.704. The van der Waals surface area contributed by atoms with Gasteiger partial charge in [0.25, 0.3) is 0 Å². The predicted molar refractivity (Wildman–Crippen MR) is 74.5 cm³/mol. The molecule has 1 unspecified atom stereocenters. The third-order valence-corrected chi connectivity index (χ3v) is 4.71. The van der Waals surface area contributed by atoms with Gasteiger partial charge in [-0.3, -0.25) is 0 Å². The number of aliphatic hydroxyl groups excluding tert-OH is 1. The lowest BCUT2D eigenvalue weighted by atomic mass is 10.2. The largest absolute Gasteiger partial charge is 0.396 e. The average Bonchev–Trinajstić information content (AvgIpc) is 2.69. The van der Waals surface area contributed by atoms with E-state index in [-0.39, 0.29) is 0 Å². The van der Waals surface area contributed by atoms with E-state index in [1.54, 1.807) is 0 Å². The zero-order valence-corrected chi connectivity index (χ0v) is 11.7. The molecule has 1 heterocycles. The summed E-state index contributed by atoms with van der Waals surface area (Å²) in [4.78, 5) is 1.44. The first-order valence-electron chi connectivity index (χ1n) is 5.71. The Morgan fingerprint density at radius 3 is 2.94 bits per heavy atom. The molecule has 0 aliphatic heterocycles. The number of aryl methyl sites for hydroxylation is 1. The number of thioether (sulfide) groups is 1. The SMILES string of the molecule is Cc1ccsc1C(C)NCCSCCCO. The van der Waals surface area contributed by atoms with Crippen LogP contribution >= 0.6 is 23.1 Å². The molecule has 0 aromatic carbocycles. The number of nitrogens with one attached hydrogen (secondary N) is 1. The standard InChI is InChI=1S/C12H21NOS2/c1-10-4-8-16-12(10)11(2)13-5-9-15-7-3-6-14/h4,8,11,13-14H,3,5-7,9H2,1-2H3. The van der Waals surface area contributed by atoms with Crippen LogP contribution in [0.25, 0.3) is 0 Å². The maximum absolute atomic E-state index is 8.64. The minimum absolute atomic E-state index is 0.311. The molecule has 0 spiro atoms. The number of aliphatic hydroxyl groups is 1. The van der Waals surface area contributed by atoms with Crippen molar-refractivity contribution in [2.24, 2.45) is 0 Å². The van der Waals surface area contributed by atoms with Crippen molar-refractivity contribution in [1.29, 1.82) is 0 Å². The van der Waals surface area contributed by atoms with Crippen LogP contribution in [0.3, 0.4) is 0 Å². The van der Waals surface area contributed by atoms with Crippen molar-refractivity contribution in [3.8, 4) is 0 Å². The molecule has 0 radical (unpaired) electrons. The summed E-state index contributed by atoms with van der Waals surface area (Å²) in [5, 5.41) is 14.3. The van der Waals surface area contributed by atoms with E-state index in [9.17, 15) is 0 Å². The van der Waals surface area contributed by atoms with E-state index in [2.05, 4.69) is 30.6 Å². The first-order valence-corrected chi connectivity index (χ1v) is 7.75. The first kappa shape index (κ1) is 14.0. The van der Waals surface area contributed by atoms with Crippen LogP contribution in [0.5, 0.6) is 0 Å². The summed E-state index contributed by atoms with van der Waals surface area (Å²) in [5.41, 5.74) is 1.39. The van der Waals surface area contributed by atoms with Gasteiger partial charge in [0.05, 0.1) is 0 Å². The number of hydrogen-bond acceptors (Lipinski definition) is 4. The number of thiophene rings is 1. The van der Waals surface area contributed by atoms with Crippen LogP contribution in [-0.2, 0) is 0 Å². The van der Waals surface area contributed by atoms with Gasteiger partial charge in [0, 0.05) is 29.8 Å². The highest BCUT2D eigenvalue weighted by molar-refractivity contribution is 7.99. The van der Waals surface area contributed by atoms with Crippen molar-refractivity contribution in [3.05, 3.63) is 21.9 Å². The Bertz CT molecular complexity index is 288. The molecule has 1 rings (SSSR count). The second-order valence-electron chi connectivity index (χ2n) is 3.83. The van der Waals surface area contributed by atoms with Crippen LogP contribution in [0.4, 0.5) is 0 Å². The average molecular weight is 259 g/mol. The Kier molecular flexibility index (Phi) is 7.12. The van der Waals surface area contributed by atoms with Gasteiger partial charge >= 0.3 is 0 Å². The van der Waals surface area contributed by atoms with Gasteiger partial charge < -0.3 is 10.4 Å². The molecule has 0 aliphatic carbocycles. The number of rotatable bonds is 8. The summed E-state index contributed by atoms with van der Waals surface area (Å²) in [5.74, 6) is 2.18. The summed E-state index contributed by atoms with van der Waals surface area (Å²) >= 11 is 3.73. The summed E-state index contributed by atoms with van der Waals surface area (Å²) in [6.07, 6.45) is 0.907. The molecule has 1 aromatic heterocycles. The fourth-order valence-corrected chi connectivity index (χ4v) is 3.30. The molecule has 0 bridgehead atoms. The molecule has 0 fully saturated rings. The molecule has 0 saturated heterocycles. The molecule has 1 atom stereocenters. The van der Waals surface area contributed by atoms with Gasteiger partial charge in [0.1, 0.15) is 0 Å². The fraction of sp³-hybridized carbons (Fsp3) is 0.667. The maximum Gasteiger partial charge on any atom is 0.0438 e. The molecular weight excluding hydrogens is 238 g/mol. The highest BCUT2D eigenvalue weighted by Crippen LogP contribution is 2.23. The topological polar surface area (TPSA) is 32.3 Å². The van der Waals surface area contributed by atoms with Crippen LogP contribution in [0.1, 0.15) is 29.8 Å². The van der Waals surface area contributed by atoms with Crippen molar-refractivity contribution in [2.45, 2.75) is 26.3 Å². The molecular formula is C12H21NOS2. The zero-order chi connectivity index (χ0) is 11.8. The zero-order valence-electron chi connectivity index (χ0n) is 10.0. The van der Waals surface area contributed by atoms with Crippen LogP contribution < -0.4 is 5.32 Å². The van der Waals surface area contributed by atoms with Crippen molar-refractivity contribution in [2.75, 3.05) is 24.7 Å². The Labute approximate surface area is 106 Å². The van der Waals surface area contributed by atoms with E-state index in [4.69, 9.17) is 5.11 Å². The molecule has 92 valence electrons. The van der Waals surface area contributed by atoms with Gasteiger partial charge in [-0.15, -0.1) is 11.3 Å². The van der Waals surface area contributed by atoms with E-state index < -0.39 is 0 Å². The highest BCUT2D eigenvalue weighted by atomic mass is 32.2. The monoisotopic (exact) mass is 259 g/mol. The minimum Gasteiger partial charge on any atom is -0.396 e. The second kappa shape index (κ2) is 8.12. The normalized spacial score (nSPS) is 12.9. The predicted octanol–water partition coefficient (Wildman–Crippen LogP) is 2.82. The summed E-state index contributed by atoms with van der Waals surface area (Å²) < 4.78 is 0. The molecule has 2 nitrogen and oxygen atoms in total. The van der Waals surface area contributed by atoms with Crippen LogP contribution in [-0.4, -0.2) is 29.8 Å². The summed E-state index contributed by atoms with van der Waals surface area (Å²) in [7, 11) is 0. The molecule has 16 heavy (non-hydrogen) atoms. The van der Waals surface area contributed by atoms with E-state index in [1.807, 2.05) is 23.1 Å². The van der Waals surface area contributed by atoms with Gasteiger partial charge in [-0.25, -0.2) is 0 Å². The van der Waals surface area contributed by atoms with Gasteiger partial charge in [-0.2, -0.15) is 11.8 Å². The maximum atomic E-state index is 8.64. The van der Waals surface area contributed by atoms with Crippen LogP contribution in [0.15, 0.2) is 11.4 Å². The lowest BCUT2D eigenvalue weighted by molar-refractivity contribution is 0.296. The first-order chi connectivity index (χ1) is 7.75. The Hall–Kier alpha value is -0.0300. The molecule has 0 aliphatic rings. The van der Waals surface area contributed by atoms with Crippen molar-refractivity contribution >= 4 is 23.1 Å². The van der Waals surface area contributed by atoms with E-state index >= 15 is 0 Å². The third kappa shape index (κ3) is 4.87. The van der Waals surface area contributed by atoms with Gasteiger partial charge in [-0.05, 0) is 43.0 Å². The summed E-state index contributed by atoms with van der Waals surface area (Å²) in [6, 6.07) is 2.63. The van der Waals surface area contributed by atoms with Crippen molar-refractivity contribution in [1.82, 2.24) is 5.32 Å². The van der Waals surface area contributed by atoms with Crippen LogP contribution in [0, 0.1) is 6.92 Å². The van der Waals surface area contributed by atoms with Crippen molar-refractivity contribution < 1.29 is 5.11 Å². The Morgan fingerprint density at radius 1 is 1.50 bits per heavy atom. The Morgan fingerprint density at radius 2 is 2.31 bits per heavy atom. The smallest absolute Gasteiger partial charge is 0.0438 e. The lowest BCUT2D eigenvalue weighted by Crippen LogP contribution is -2.21. The van der Waals surface area contributed by atoms with Gasteiger partial charge in [-0.1, -0.05) is 0 Å². The summed E-state index contributed by atoms with van der Waals surface area (Å²) in [6.45, 7) is 5.73. The van der Waals surface area contributed by atoms with E-state index in [0.717, 1.165) is 24.5 Å². The third-order valence-electron chi connectivity index (χ3n) is 2.44. The van der Waals surface area contributed by atoms with Crippen LogP contribution in [0.2, 0.25) is 0 Å². The van der Waals surface area contributed by atoms with Crippen molar-refractivity contribution in [3.63, 3.8) is 0 Å². The van der Waals surface area contributed by atoms with E-state index in [0.29, 0.717) is 12.6 Å². The fourth-order valence-electron chi connectivity index (χ4n) is 1.54. The van der Waals surface area contributed by atoms with Gasteiger partial charge in [0.15, 0.2) is 0 Å². The molecule has 0 amide bonds. The molecule has 0 saturated carbocycles.